The summed E-state index contributed by atoms with van der Waals surface area (Å²) in [5.74, 6) is 0.155. The number of aliphatic hydroxyl groups is 1. The van der Waals surface area contributed by atoms with Crippen LogP contribution in [0.15, 0.2) is 18.2 Å². The second-order valence-electron chi connectivity index (χ2n) is 4.48. The third-order valence-corrected chi connectivity index (χ3v) is 2.80. The van der Waals surface area contributed by atoms with Gasteiger partial charge in [-0.15, -0.1) is 0 Å². The number of rotatable bonds is 6. The van der Waals surface area contributed by atoms with Crippen LogP contribution in [0, 0.1) is 6.92 Å². The van der Waals surface area contributed by atoms with E-state index in [1.807, 2.05) is 26.0 Å². The molecule has 0 aliphatic heterocycles. The minimum atomic E-state index is -0.644. The third kappa shape index (κ3) is 4.24. The molecule has 19 heavy (non-hydrogen) atoms. The van der Waals surface area contributed by atoms with Crippen molar-refractivity contribution in [2.24, 2.45) is 0 Å². The molecular formula is C15H22O4. The third-order valence-electron chi connectivity index (χ3n) is 2.80. The van der Waals surface area contributed by atoms with Crippen molar-refractivity contribution in [3.8, 4) is 5.75 Å². The Hall–Kier alpha value is -1.55. The van der Waals surface area contributed by atoms with Gasteiger partial charge in [0.25, 0.3) is 0 Å². The molecule has 0 amide bonds. The van der Waals surface area contributed by atoms with Gasteiger partial charge in [-0.1, -0.05) is 18.6 Å². The molecule has 1 aromatic carbocycles. The van der Waals surface area contributed by atoms with Gasteiger partial charge >= 0.3 is 5.97 Å². The lowest BCUT2D eigenvalue weighted by Crippen LogP contribution is -2.29. The summed E-state index contributed by atoms with van der Waals surface area (Å²) in [6.45, 7) is 7.57. The van der Waals surface area contributed by atoms with E-state index in [0.717, 1.165) is 5.56 Å². The Morgan fingerprint density at radius 3 is 2.58 bits per heavy atom. The molecule has 0 aromatic heterocycles. The first kappa shape index (κ1) is 15.5. The highest BCUT2D eigenvalue weighted by molar-refractivity contribution is 5.75. The van der Waals surface area contributed by atoms with Crippen LogP contribution in [-0.2, 0) is 9.53 Å². The first-order valence-electron chi connectivity index (χ1n) is 6.61. The van der Waals surface area contributed by atoms with Crippen LogP contribution in [0.1, 0.15) is 44.4 Å². The lowest BCUT2D eigenvalue weighted by atomic mass is 10.1. The summed E-state index contributed by atoms with van der Waals surface area (Å²) in [4.78, 5) is 11.7. The molecule has 0 aliphatic carbocycles. The fourth-order valence-electron chi connectivity index (χ4n) is 1.79. The van der Waals surface area contributed by atoms with Crippen molar-refractivity contribution >= 4 is 5.97 Å². The van der Waals surface area contributed by atoms with Crippen LogP contribution in [0.5, 0.6) is 5.75 Å². The fourth-order valence-corrected chi connectivity index (χ4v) is 1.79. The van der Waals surface area contributed by atoms with E-state index in [2.05, 4.69) is 0 Å². The maximum Gasteiger partial charge on any atom is 0.347 e. The number of ether oxygens (including phenoxy) is 2. The Bertz CT molecular complexity index is 426. The summed E-state index contributed by atoms with van der Waals surface area (Å²) in [5, 5.41) is 9.76. The first-order valence-corrected chi connectivity index (χ1v) is 6.61. The number of aliphatic hydroxyl groups excluding tert-OH is 1. The van der Waals surface area contributed by atoms with E-state index in [4.69, 9.17) is 9.47 Å². The summed E-state index contributed by atoms with van der Waals surface area (Å²) in [5.41, 5.74) is 1.72. The molecule has 0 heterocycles. The Morgan fingerprint density at radius 2 is 2.05 bits per heavy atom. The average molecular weight is 266 g/mol. The predicted molar refractivity (Wildman–Crippen MR) is 73.2 cm³/mol. The van der Waals surface area contributed by atoms with Gasteiger partial charge in [0.15, 0.2) is 6.10 Å². The maximum absolute atomic E-state index is 11.7. The lowest BCUT2D eigenvalue weighted by Gasteiger charge is -2.19. The minimum absolute atomic E-state index is 0.329. The van der Waals surface area contributed by atoms with E-state index in [-0.39, 0.29) is 5.97 Å². The lowest BCUT2D eigenvalue weighted by molar-refractivity contribution is -0.151. The summed E-state index contributed by atoms with van der Waals surface area (Å²) >= 11 is 0. The molecule has 1 unspecified atom stereocenters. The van der Waals surface area contributed by atoms with E-state index >= 15 is 0 Å². The zero-order chi connectivity index (χ0) is 14.4. The molecule has 4 heteroatoms. The minimum Gasteiger partial charge on any atom is -0.478 e. The molecule has 1 rings (SSSR count). The van der Waals surface area contributed by atoms with Gasteiger partial charge in [-0.3, -0.25) is 0 Å². The van der Waals surface area contributed by atoms with Crippen LogP contribution in [0.4, 0.5) is 0 Å². The number of carbonyl (C=O) groups is 1. The van der Waals surface area contributed by atoms with Crippen molar-refractivity contribution < 1.29 is 19.4 Å². The zero-order valence-corrected chi connectivity index (χ0v) is 12.0. The highest BCUT2D eigenvalue weighted by atomic mass is 16.6. The van der Waals surface area contributed by atoms with Crippen molar-refractivity contribution in [2.45, 2.75) is 46.3 Å². The van der Waals surface area contributed by atoms with Gasteiger partial charge in [0.1, 0.15) is 5.75 Å². The summed E-state index contributed by atoms with van der Waals surface area (Å²) in [6, 6.07) is 5.52. The van der Waals surface area contributed by atoms with E-state index < -0.39 is 12.2 Å². The Kier molecular flexibility index (Phi) is 5.83. The second kappa shape index (κ2) is 7.14. The number of benzene rings is 1. The summed E-state index contributed by atoms with van der Waals surface area (Å²) < 4.78 is 10.7. The van der Waals surface area contributed by atoms with Gasteiger partial charge in [-0.05, 0) is 39.3 Å². The monoisotopic (exact) mass is 266 g/mol. The number of hydrogen-bond acceptors (Lipinski definition) is 4. The van der Waals surface area contributed by atoms with Crippen LogP contribution >= 0.6 is 0 Å². The molecule has 0 bridgehead atoms. The highest BCUT2D eigenvalue weighted by Crippen LogP contribution is 2.27. The molecule has 106 valence electrons. The quantitative estimate of drug-likeness (QED) is 0.804. The van der Waals surface area contributed by atoms with Crippen molar-refractivity contribution in [2.75, 3.05) is 6.61 Å². The number of esters is 1. The number of hydrogen-bond donors (Lipinski definition) is 1. The van der Waals surface area contributed by atoms with Gasteiger partial charge in [-0.2, -0.15) is 0 Å². The number of carbonyl (C=O) groups excluding carboxylic acids is 1. The van der Waals surface area contributed by atoms with Crippen LogP contribution in [-0.4, -0.2) is 23.8 Å². The molecule has 0 saturated carbocycles. The van der Waals surface area contributed by atoms with Crippen LogP contribution < -0.4 is 4.74 Å². The molecule has 0 radical (unpaired) electrons. The summed E-state index contributed by atoms with van der Waals surface area (Å²) in [7, 11) is 0. The van der Waals surface area contributed by atoms with Crippen molar-refractivity contribution in [1.29, 1.82) is 0 Å². The van der Waals surface area contributed by atoms with Gasteiger partial charge < -0.3 is 14.6 Å². The molecule has 0 saturated heterocycles. The average Bonchev–Trinajstić information content (AvgIpc) is 2.37. The van der Waals surface area contributed by atoms with Crippen LogP contribution in [0.3, 0.4) is 0 Å². The summed E-state index contributed by atoms with van der Waals surface area (Å²) in [6.07, 6.45) is -0.763. The highest BCUT2D eigenvalue weighted by Gasteiger charge is 2.21. The molecule has 4 nitrogen and oxygen atoms in total. The van der Waals surface area contributed by atoms with E-state index in [1.165, 1.54) is 0 Å². The van der Waals surface area contributed by atoms with Crippen molar-refractivity contribution in [3.63, 3.8) is 0 Å². The molecule has 2 atom stereocenters. The Balaban J connectivity index is 2.93. The van der Waals surface area contributed by atoms with E-state index in [0.29, 0.717) is 24.3 Å². The van der Waals surface area contributed by atoms with Crippen LogP contribution in [0.2, 0.25) is 0 Å². The first-order chi connectivity index (χ1) is 8.99. The second-order valence-corrected chi connectivity index (χ2v) is 4.48. The topological polar surface area (TPSA) is 55.8 Å². The van der Waals surface area contributed by atoms with Crippen molar-refractivity contribution in [1.82, 2.24) is 0 Å². The van der Waals surface area contributed by atoms with Gasteiger partial charge in [0.05, 0.1) is 12.7 Å². The number of aryl methyl sites for hydroxylation is 1. The zero-order valence-electron chi connectivity index (χ0n) is 12.0. The van der Waals surface area contributed by atoms with Gasteiger partial charge in [-0.25, -0.2) is 4.79 Å². The molecule has 1 aromatic rings. The molecule has 0 spiro atoms. The Labute approximate surface area is 114 Å². The standard InChI is InChI=1S/C15H22O4/c1-5-13(15(17)18-6-2)19-14-8-7-10(3)9-12(14)11(4)16/h7-9,11,13,16H,5-6H2,1-4H3/t11-,13?/m1/s1. The Morgan fingerprint density at radius 1 is 1.37 bits per heavy atom. The molecule has 0 aliphatic rings. The van der Waals surface area contributed by atoms with Gasteiger partial charge in [0.2, 0.25) is 0 Å². The van der Waals surface area contributed by atoms with Gasteiger partial charge in [0, 0.05) is 5.56 Å². The SMILES string of the molecule is CCOC(=O)C(CC)Oc1ccc(C)cc1[C@@H](C)O. The fraction of sp³-hybridized carbons (Fsp3) is 0.533. The van der Waals surface area contributed by atoms with E-state index in [9.17, 15) is 9.90 Å². The molecule has 0 fully saturated rings. The maximum atomic E-state index is 11.7. The van der Waals surface area contributed by atoms with E-state index in [1.54, 1.807) is 19.9 Å². The normalized spacial score (nSPS) is 13.7. The largest absolute Gasteiger partial charge is 0.478 e. The van der Waals surface area contributed by atoms with Crippen molar-refractivity contribution in [3.05, 3.63) is 29.3 Å². The molecule has 1 N–H and O–H groups in total. The predicted octanol–water partition coefficient (Wildman–Crippen LogP) is 2.77. The molecular weight excluding hydrogens is 244 g/mol. The van der Waals surface area contributed by atoms with Crippen LogP contribution in [0.25, 0.3) is 0 Å². The smallest absolute Gasteiger partial charge is 0.347 e.